The summed E-state index contributed by atoms with van der Waals surface area (Å²) in [5, 5.41) is 5.60. The number of rotatable bonds is 10. The van der Waals surface area contributed by atoms with Crippen LogP contribution < -0.4 is 10.6 Å². The van der Waals surface area contributed by atoms with Crippen LogP contribution in [0.15, 0.2) is 18.2 Å². The minimum Gasteiger partial charge on any atom is -0.444 e. The van der Waals surface area contributed by atoms with Gasteiger partial charge in [-0.2, -0.15) is 12.6 Å². The number of benzene rings is 1. The van der Waals surface area contributed by atoms with Crippen LogP contribution in [0.25, 0.3) is 0 Å². The lowest BCUT2D eigenvalue weighted by Gasteiger charge is -2.35. The van der Waals surface area contributed by atoms with Gasteiger partial charge in [-0.15, -0.1) is 0 Å². The van der Waals surface area contributed by atoms with Crippen molar-refractivity contribution in [3.63, 3.8) is 0 Å². The van der Waals surface area contributed by atoms with E-state index in [1.807, 2.05) is 52.8 Å². The van der Waals surface area contributed by atoms with Crippen molar-refractivity contribution < 1.29 is 19.1 Å². The minimum atomic E-state index is -0.931. The SMILES string of the molecule is CCCCN(C(=O)C(CS)NC(=O)OC(C)(C)C)C(C(=O)NC(C)C)c1cc(C)ccc1C. The van der Waals surface area contributed by atoms with Crippen LogP contribution in [0, 0.1) is 13.8 Å². The molecule has 3 amide bonds. The van der Waals surface area contributed by atoms with Gasteiger partial charge in [0.15, 0.2) is 0 Å². The molecule has 2 N–H and O–H groups in total. The smallest absolute Gasteiger partial charge is 0.408 e. The van der Waals surface area contributed by atoms with Gasteiger partial charge in [-0.25, -0.2) is 4.79 Å². The Hall–Kier alpha value is -2.22. The molecule has 8 heteroatoms. The first-order chi connectivity index (χ1) is 15.3. The molecule has 7 nitrogen and oxygen atoms in total. The Morgan fingerprint density at radius 2 is 1.76 bits per heavy atom. The van der Waals surface area contributed by atoms with E-state index >= 15 is 0 Å². The lowest BCUT2D eigenvalue weighted by molar-refractivity contribution is -0.142. The number of carbonyl (C=O) groups is 3. The highest BCUT2D eigenvalue weighted by Gasteiger charge is 2.36. The quantitative estimate of drug-likeness (QED) is 0.436. The number of nitrogens with zero attached hydrogens (tertiary/aromatic N) is 1. The molecule has 0 aromatic heterocycles. The third kappa shape index (κ3) is 9.27. The van der Waals surface area contributed by atoms with Crippen molar-refractivity contribution >= 4 is 30.5 Å². The Balaban J connectivity index is 3.43. The molecular weight excluding hydrogens is 438 g/mol. The Morgan fingerprint density at radius 3 is 2.27 bits per heavy atom. The molecule has 186 valence electrons. The van der Waals surface area contributed by atoms with Crippen molar-refractivity contribution in [3.05, 3.63) is 34.9 Å². The van der Waals surface area contributed by atoms with Crippen LogP contribution in [0.5, 0.6) is 0 Å². The summed E-state index contributed by atoms with van der Waals surface area (Å²) in [6.45, 7) is 15.3. The summed E-state index contributed by atoms with van der Waals surface area (Å²) in [7, 11) is 0. The molecule has 0 spiro atoms. The third-order valence-electron chi connectivity index (χ3n) is 4.93. The first-order valence-corrected chi connectivity index (χ1v) is 12.2. The second-order valence-electron chi connectivity index (χ2n) is 9.69. The Bertz CT molecular complexity index is 820. The van der Waals surface area contributed by atoms with E-state index in [0.29, 0.717) is 13.0 Å². The number of unbranched alkanes of at least 4 members (excludes halogenated alkanes) is 1. The summed E-state index contributed by atoms with van der Waals surface area (Å²) in [5.74, 6) is -0.543. The number of alkyl carbamates (subject to hydrolysis) is 1. The molecule has 1 aromatic carbocycles. The largest absolute Gasteiger partial charge is 0.444 e. The van der Waals surface area contributed by atoms with Crippen LogP contribution >= 0.6 is 12.6 Å². The van der Waals surface area contributed by atoms with E-state index in [1.165, 1.54) is 0 Å². The van der Waals surface area contributed by atoms with E-state index in [4.69, 9.17) is 4.74 Å². The molecule has 0 aliphatic rings. The number of hydrogen-bond acceptors (Lipinski definition) is 5. The van der Waals surface area contributed by atoms with Crippen LogP contribution in [-0.4, -0.2) is 52.8 Å². The Morgan fingerprint density at radius 1 is 1.12 bits per heavy atom. The van der Waals surface area contributed by atoms with Crippen LogP contribution in [0.4, 0.5) is 4.79 Å². The normalized spacial score (nSPS) is 13.3. The van der Waals surface area contributed by atoms with Gasteiger partial charge in [-0.1, -0.05) is 37.1 Å². The van der Waals surface area contributed by atoms with Crippen molar-refractivity contribution in [2.24, 2.45) is 0 Å². The molecule has 2 atom stereocenters. The summed E-state index contributed by atoms with van der Waals surface area (Å²) in [6.07, 6.45) is 0.869. The van der Waals surface area contributed by atoms with Crippen molar-refractivity contribution in [2.75, 3.05) is 12.3 Å². The van der Waals surface area contributed by atoms with Gasteiger partial charge in [0.25, 0.3) is 0 Å². The van der Waals surface area contributed by atoms with Crippen LogP contribution in [0.3, 0.4) is 0 Å². The first-order valence-electron chi connectivity index (χ1n) is 11.6. The minimum absolute atomic E-state index is 0.0754. The second-order valence-corrected chi connectivity index (χ2v) is 10.1. The Kier molecular flexibility index (Phi) is 11.2. The number of ether oxygens (including phenoxy) is 1. The van der Waals surface area contributed by atoms with E-state index in [9.17, 15) is 14.4 Å². The highest BCUT2D eigenvalue weighted by atomic mass is 32.1. The van der Waals surface area contributed by atoms with Crippen LogP contribution in [0.1, 0.15) is 77.1 Å². The van der Waals surface area contributed by atoms with Gasteiger partial charge in [0, 0.05) is 18.3 Å². The van der Waals surface area contributed by atoms with Crippen LogP contribution in [0.2, 0.25) is 0 Å². The van der Waals surface area contributed by atoms with Gasteiger partial charge < -0.3 is 20.3 Å². The predicted octanol–water partition coefficient (Wildman–Crippen LogP) is 4.32. The van der Waals surface area contributed by atoms with Gasteiger partial charge in [0.1, 0.15) is 17.7 Å². The molecule has 1 rings (SSSR count). The molecule has 0 fully saturated rings. The van der Waals surface area contributed by atoms with E-state index in [1.54, 1.807) is 25.7 Å². The van der Waals surface area contributed by atoms with E-state index < -0.39 is 23.8 Å². The molecule has 0 radical (unpaired) electrons. The Labute approximate surface area is 204 Å². The number of amides is 3. The maximum Gasteiger partial charge on any atom is 0.408 e. The molecule has 0 aliphatic heterocycles. The number of hydrogen-bond donors (Lipinski definition) is 3. The molecule has 0 heterocycles. The number of nitrogens with one attached hydrogen (secondary N) is 2. The van der Waals surface area contributed by atoms with Crippen molar-refractivity contribution in [1.29, 1.82) is 0 Å². The molecule has 0 saturated heterocycles. The van der Waals surface area contributed by atoms with Gasteiger partial charge in [0.05, 0.1) is 0 Å². The molecule has 0 aliphatic carbocycles. The van der Waals surface area contributed by atoms with Gasteiger partial charge >= 0.3 is 6.09 Å². The number of carbonyl (C=O) groups excluding carboxylic acids is 3. The zero-order valence-electron chi connectivity index (χ0n) is 21.3. The topological polar surface area (TPSA) is 87.7 Å². The van der Waals surface area contributed by atoms with Gasteiger partial charge in [0.2, 0.25) is 11.8 Å². The maximum atomic E-state index is 13.7. The standard InChI is InChI=1S/C25H41N3O4S/c1-9-10-13-28(23(30)20(15-33)27-24(31)32-25(6,7)8)21(22(29)26-16(2)3)19-14-17(4)11-12-18(19)5/h11-12,14,16,20-21,33H,9-10,13,15H2,1-8H3,(H,26,29)(H,27,31). The molecular formula is C25H41N3O4S. The van der Waals surface area contributed by atoms with E-state index in [0.717, 1.165) is 23.1 Å². The number of thiol groups is 1. The average molecular weight is 480 g/mol. The van der Waals surface area contributed by atoms with Crippen molar-refractivity contribution in [1.82, 2.24) is 15.5 Å². The summed E-state index contributed by atoms with van der Waals surface area (Å²) in [6, 6.07) is 4.04. The van der Waals surface area contributed by atoms with Gasteiger partial charge in [-0.3, -0.25) is 9.59 Å². The van der Waals surface area contributed by atoms with Crippen molar-refractivity contribution in [2.45, 2.75) is 92.0 Å². The molecule has 1 aromatic rings. The highest BCUT2D eigenvalue weighted by Crippen LogP contribution is 2.27. The second kappa shape index (κ2) is 12.9. The lowest BCUT2D eigenvalue weighted by Crippen LogP contribution is -2.54. The van der Waals surface area contributed by atoms with E-state index in [-0.39, 0.29) is 23.6 Å². The summed E-state index contributed by atoms with van der Waals surface area (Å²) < 4.78 is 5.33. The first kappa shape index (κ1) is 28.8. The lowest BCUT2D eigenvalue weighted by atomic mass is 9.95. The molecule has 0 bridgehead atoms. The summed E-state index contributed by atoms with van der Waals surface area (Å²) >= 11 is 4.31. The average Bonchev–Trinajstić information content (AvgIpc) is 2.69. The molecule has 33 heavy (non-hydrogen) atoms. The number of aryl methyl sites for hydroxylation is 2. The fourth-order valence-electron chi connectivity index (χ4n) is 3.40. The predicted molar refractivity (Wildman–Crippen MR) is 136 cm³/mol. The fraction of sp³-hybridized carbons (Fsp3) is 0.640. The highest BCUT2D eigenvalue weighted by molar-refractivity contribution is 7.80. The summed E-state index contributed by atoms with van der Waals surface area (Å²) in [5.41, 5.74) is 1.99. The van der Waals surface area contributed by atoms with Crippen LogP contribution in [-0.2, 0) is 14.3 Å². The fourth-order valence-corrected chi connectivity index (χ4v) is 3.65. The van der Waals surface area contributed by atoms with E-state index in [2.05, 4.69) is 23.3 Å². The monoisotopic (exact) mass is 479 g/mol. The molecule has 2 unspecified atom stereocenters. The zero-order chi connectivity index (χ0) is 25.3. The zero-order valence-corrected chi connectivity index (χ0v) is 22.2. The van der Waals surface area contributed by atoms with Crippen molar-refractivity contribution in [3.8, 4) is 0 Å². The van der Waals surface area contributed by atoms with Gasteiger partial charge in [-0.05, 0) is 66.0 Å². The molecule has 0 saturated carbocycles. The summed E-state index contributed by atoms with van der Waals surface area (Å²) in [4.78, 5) is 41.1. The maximum absolute atomic E-state index is 13.7. The third-order valence-corrected chi connectivity index (χ3v) is 5.29.